The number of hydrogen-bond acceptors (Lipinski definition) is 4. The summed E-state index contributed by atoms with van der Waals surface area (Å²) in [6.07, 6.45) is 1.63. The van der Waals surface area contributed by atoms with E-state index in [-0.39, 0.29) is 0 Å². The maximum atomic E-state index is 6.10. The standard InChI is InChI=1S/C19H12Cl2N2S2/c20-15-7-6-12(8-16(15)21)10-24-18-14-9-17(13-4-2-1-3-5-13)25-19(14)23-11-22-18/h1-9,11H,10H2. The van der Waals surface area contributed by atoms with Gasteiger partial charge in [0, 0.05) is 16.0 Å². The van der Waals surface area contributed by atoms with Crippen LogP contribution in [0, 0.1) is 0 Å². The van der Waals surface area contributed by atoms with Gasteiger partial charge in [0.05, 0.1) is 10.0 Å². The summed E-state index contributed by atoms with van der Waals surface area (Å²) in [5, 5.41) is 3.23. The van der Waals surface area contributed by atoms with E-state index in [2.05, 4.69) is 28.2 Å². The van der Waals surface area contributed by atoms with E-state index in [0.717, 1.165) is 26.6 Å². The van der Waals surface area contributed by atoms with Gasteiger partial charge >= 0.3 is 0 Å². The van der Waals surface area contributed by atoms with Gasteiger partial charge in [0.2, 0.25) is 0 Å². The molecule has 0 bridgehead atoms. The number of thioether (sulfide) groups is 1. The summed E-state index contributed by atoms with van der Waals surface area (Å²) in [6.45, 7) is 0. The van der Waals surface area contributed by atoms with E-state index in [1.807, 2.05) is 36.4 Å². The van der Waals surface area contributed by atoms with Crippen molar-refractivity contribution in [2.24, 2.45) is 0 Å². The van der Waals surface area contributed by atoms with Crippen LogP contribution in [0.2, 0.25) is 10.0 Å². The largest absolute Gasteiger partial charge is 0.229 e. The average Bonchev–Trinajstić information content (AvgIpc) is 3.08. The highest BCUT2D eigenvalue weighted by atomic mass is 35.5. The van der Waals surface area contributed by atoms with Crippen LogP contribution in [0.25, 0.3) is 20.7 Å². The summed E-state index contributed by atoms with van der Waals surface area (Å²) < 4.78 is 0. The number of thiophene rings is 1. The predicted octanol–water partition coefficient (Wildman–Crippen LogP) is 6.96. The third kappa shape index (κ3) is 3.67. The number of benzene rings is 2. The minimum absolute atomic E-state index is 0.574. The molecule has 6 heteroatoms. The minimum atomic E-state index is 0.574. The lowest BCUT2D eigenvalue weighted by Crippen LogP contribution is -1.86. The number of rotatable bonds is 4. The van der Waals surface area contributed by atoms with E-state index >= 15 is 0 Å². The van der Waals surface area contributed by atoms with Crippen LogP contribution in [-0.2, 0) is 5.75 Å². The van der Waals surface area contributed by atoms with Crippen molar-refractivity contribution in [3.63, 3.8) is 0 Å². The number of nitrogens with zero attached hydrogens (tertiary/aromatic N) is 2. The zero-order valence-corrected chi connectivity index (χ0v) is 16.1. The Morgan fingerprint density at radius 1 is 0.920 bits per heavy atom. The summed E-state index contributed by atoms with van der Waals surface area (Å²) in [5.74, 6) is 0.777. The molecule has 0 aliphatic heterocycles. The highest BCUT2D eigenvalue weighted by molar-refractivity contribution is 7.98. The van der Waals surface area contributed by atoms with Crippen LogP contribution in [0.5, 0.6) is 0 Å². The Morgan fingerprint density at radius 3 is 2.56 bits per heavy atom. The highest BCUT2D eigenvalue weighted by Gasteiger charge is 2.11. The molecule has 4 aromatic rings. The monoisotopic (exact) mass is 402 g/mol. The molecule has 124 valence electrons. The Morgan fingerprint density at radius 2 is 1.76 bits per heavy atom. The van der Waals surface area contributed by atoms with Gasteiger partial charge in [-0.25, -0.2) is 9.97 Å². The van der Waals surface area contributed by atoms with Gasteiger partial charge < -0.3 is 0 Å². The van der Waals surface area contributed by atoms with Crippen LogP contribution in [-0.4, -0.2) is 9.97 Å². The predicted molar refractivity (Wildman–Crippen MR) is 109 cm³/mol. The molecule has 2 aromatic carbocycles. The highest BCUT2D eigenvalue weighted by Crippen LogP contribution is 2.37. The van der Waals surface area contributed by atoms with Crippen molar-refractivity contribution in [2.75, 3.05) is 0 Å². The van der Waals surface area contributed by atoms with Crippen LogP contribution in [0.15, 0.2) is 66.0 Å². The molecule has 0 N–H and O–H groups in total. The Bertz CT molecular complexity index is 1030. The third-order valence-electron chi connectivity index (χ3n) is 3.71. The van der Waals surface area contributed by atoms with E-state index in [0.29, 0.717) is 10.0 Å². The van der Waals surface area contributed by atoms with E-state index < -0.39 is 0 Å². The van der Waals surface area contributed by atoms with Gasteiger partial charge in [0.25, 0.3) is 0 Å². The van der Waals surface area contributed by atoms with Crippen LogP contribution in [0.1, 0.15) is 5.56 Å². The van der Waals surface area contributed by atoms with Crippen molar-refractivity contribution in [2.45, 2.75) is 10.8 Å². The summed E-state index contributed by atoms with van der Waals surface area (Å²) in [4.78, 5) is 11.1. The van der Waals surface area contributed by atoms with Crippen molar-refractivity contribution in [3.8, 4) is 10.4 Å². The number of fused-ring (bicyclic) bond motifs is 1. The number of hydrogen-bond donors (Lipinski definition) is 0. The normalized spacial score (nSPS) is 11.1. The lowest BCUT2D eigenvalue weighted by Gasteiger charge is -2.04. The van der Waals surface area contributed by atoms with Gasteiger partial charge in [0.1, 0.15) is 16.2 Å². The molecule has 0 amide bonds. The van der Waals surface area contributed by atoms with Crippen molar-refractivity contribution in [1.29, 1.82) is 0 Å². The molecule has 2 nitrogen and oxygen atoms in total. The van der Waals surface area contributed by atoms with Crippen LogP contribution >= 0.6 is 46.3 Å². The molecule has 0 atom stereocenters. The Hall–Kier alpha value is -1.59. The SMILES string of the molecule is Clc1ccc(CSc2ncnc3sc(-c4ccccc4)cc23)cc1Cl. The second kappa shape index (κ2) is 7.34. The molecule has 0 unspecified atom stereocenters. The van der Waals surface area contributed by atoms with Crippen LogP contribution in [0.3, 0.4) is 0 Å². The average molecular weight is 403 g/mol. The molecule has 0 saturated carbocycles. The zero-order chi connectivity index (χ0) is 17.2. The van der Waals surface area contributed by atoms with E-state index in [4.69, 9.17) is 23.2 Å². The first kappa shape index (κ1) is 16.9. The van der Waals surface area contributed by atoms with Crippen molar-refractivity contribution >= 4 is 56.5 Å². The first-order valence-electron chi connectivity index (χ1n) is 7.57. The maximum absolute atomic E-state index is 6.10. The minimum Gasteiger partial charge on any atom is -0.229 e. The maximum Gasteiger partial charge on any atom is 0.128 e. The molecular weight excluding hydrogens is 391 g/mol. The topological polar surface area (TPSA) is 25.8 Å². The van der Waals surface area contributed by atoms with Crippen molar-refractivity contribution in [3.05, 3.63) is 76.5 Å². The molecule has 2 heterocycles. The van der Waals surface area contributed by atoms with E-state index in [1.165, 1.54) is 10.4 Å². The second-order valence-electron chi connectivity index (χ2n) is 5.41. The third-order valence-corrected chi connectivity index (χ3v) is 6.62. The number of halogens is 2. The lowest BCUT2D eigenvalue weighted by molar-refractivity contribution is 1.11. The van der Waals surface area contributed by atoms with Gasteiger partial charge in [-0.1, -0.05) is 59.6 Å². The molecule has 25 heavy (non-hydrogen) atoms. The van der Waals surface area contributed by atoms with Gasteiger partial charge in [-0.15, -0.1) is 23.1 Å². The summed E-state index contributed by atoms with van der Waals surface area (Å²) >= 11 is 15.4. The molecule has 0 radical (unpaired) electrons. The van der Waals surface area contributed by atoms with Gasteiger partial charge in [-0.2, -0.15) is 0 Å². The summed E-state index contributed by atoms with van der Waals surface area (Å²) in [6, 6.07) is 18.2. The van der Waals surface area contributed by atoms with Gasteiger partial charge in [-0.3, -0.25) is 0 Å². The fraction of sp³-hybridized carbons (Fsp3) is 0.0526. The van der Waals surface area contributed by atoms with E-state index in [9.17, 15) is 0 Å². The molecule has 0 saturated heterocycles. The van der Waals surface area contributed by atoms with Gasteiger partial charge in [-0.05, 0) is 29.3 Å². The van der Waals surface area contributed by atoms with Crippen LogP contribution in [0.4, 0.5) is 0 Å². The van der Waals surface area contributed by atoms with E-state index in [1.54, 1.807) is 29.4 Å². The van der Waals surface area contributed by atoms with Crippen molar-refractivity contribution in [1.82, 2.24) is 9.97 Å². The quantitative estimate of drug-likeness (QED) is 0.272. The second-order valence-corrected chi connectivity index (χ2v) is 8.22. The van der Waals surface area contributed by atoms with Crippen LogP contribution < -0.4 is 0 Å². The zero-order valence-electron chi connectivity index (χ0n) is 12.9. The Kier molecular flexibility index (Phi) is 4.95. The van der Waals surface area contributed by atoms with Crippen molar-refractivity contribution < 1.29 is 0 Å². The fourth-order valence-corrected chi connectivity index (χ4v) is 4.78. The molecular formula is C19H12Cl2N2S2. The number of aromatic nitrogens is 2. The molecule has 0 fully saturated rings. The summed E-state index contributed by atoms with van der Waals surface area (Å²) in [5.41, 5.74) is 2.32. The first-order valence-corrected chi connectivity index (χ1v) is 10.1. The Balaban J connectivity index is 1.63. The molecule has 2 aromatic heterocycles. The summed E-state index contributed by atoms with van der Waals surface area (Å²) in [7, 11) is 0. The lowest BCUT2D eigenvalue weighted by atomic mass is 10.2. The molecule has 0 aliphatic carbocycles. The van der Waals surface area contributed by atoms with Gasteiger partial charge in [0.15, 0.2) is 0 Å². The molecule has 0 aliphatic rings. The smallest absolute Gasteiger partial charge is 0.128 e. The Labute approximate surface area is 163 Å². The molecule has 4 rings (SSSR count). The molecule has 0 spiro atoms. The fourth-order valence-electron chi connectivity index (χ4n) is 2.47. The first-order chi connectivity index (χ1) is 12.2.